The molecule has 3 heterocycles. The number of aromatic nitrogens is 1. The molecular weight excluding hydrogens is 524 g/mol. The zero-order chi connectivity index (χ0) is 27.4. The minimum absolute atomic E-state index is 0.0330. The van der Waals surface area contributed by atoms with Crippen molar-refractivity contribution in [2.45, 2.75) is 102 Å². The molecule has 3 aliphatic rings. The minimum atomic E-state index is -4.59. The second-order valence-corrected chi connectivity index (χ2v) is 12.0. The van der Waals surface area contributed by atoms with Gasteiger partial charge in [-0.1, -0.05) is 11.6 Å². The normalized spacial score (nSPS) is 23.9. The SMILES string of the molecule is CC(C)(C)OC(=O)c1cc(C2CC2)c(CN2C3CCC2CC(Oc2cc(C(F)(F)F)c(Cl)cn2)C3)cc1F. The summed E-state index contributed by atoms with van der Waals surface area (Å²) < 4.78 is 66.1. The fourth-order valence-corrected chi connectivity index (χ4v) is 5.89. The van der Waals surface area contributed by atoms with Crippen molar-refractivity contribution in [1.82, 2.24) is 9.88 Å². The third-order valence-electron chi connectivity index (χ3n) is 7.48. The quantitative estimate of drug-likeness (QED) is 0.277. The van der Waals surface area contributed by atoms with Crippen LogP contribution < -0.4 is 4.74 Å². The molecule has 0 radical (unpaired) electrons. The summed E-state index contributed by atoms with van der Waals surface area (Å²) in [4.78, 5) is 18.9. The van der Waals surface area contributed by atoms with Crippen LogP contribution in [0.15, 0.2) is 24.4 Å². The Morgan fingerprint density at radius 2 is 1.74 bits per heavy atom. The van der Waals surface area contributed by atoms with Gasteiger partial charge in [0.1, 0.15) is 17.5 Å². The number of halogens is 5. The molecule has 38 heavy (non-hydrogen) atoms. The molecule has 2 saturated heterocycles. The summed E-state index contributed by atoms with van der Waals surface area (Å²) in [6.45, 7) is 5.80. The number of esters is 1. The van der Waals surface area contributed by atoms with Crippen molar-refractivity contribution < 1.29 is 31.8 Å². The average molecular weight is 555 g/mol. The summed E-state index contributed by atoms with van der Waals surface area (Å²) in [7, 11) is 0. The first-order chi connectivity index (χ1) is 17.8. The number of fused-ring (bicyclic) bond motifs is 2. The van der Waals surface area contributed by atoms with Crippen molar-refractivity contribution in [3.05, 3.63) is 57.5 Å². The smallest absolute Gasteiger partial charge is 0.418 e. The lowest BCUT2D eigenvalue weighted by molar-refractivity contribution is -0.137. The number of alkyl halides is 3. The van der Waals surface area contributed by atoms with E-state index in [1.165, 1.54) is 6.07 Å². The lowest BCUT2D eigenvalue weighted by atomic mass is 9.95. The molecule has 2 aliphatic heterocycles. The molecule has 1 aromatic carbocycles. The highest BCUT2D eigenvalue weighted by Crippen LogP contribution is 2.45. The van der Waals surface area contributed by atoms with Gasteiger partial charge in [-0.15, -0.1) is 0 Å². The molecule has 10 heteroatoms. The van der Waals surface area contributed by atoms with Crippen LogP contribution in [0.25, 0.3) is 0 Å². The molecule has 1 aromatic heterocycles. The van der Waals surface area contributed by atoms with Gasteiger partial charge in [0.25, 0.3) is 0 Å². The Balaban J connectivity index is 1.30. The first-order valence-corrected chi connectivity index (χ1v) is 13.4. The third-order valence-corrected chi connectivity index (χ3v) is 7.78. The van der Waals surface area contributed by atoms with Crippen LogP contribution >= 0.6 is 11.6 Å². The number of hydrogen-bond acceptors (Lipinski definition) is 5. The van der Waals surface area contributed by atoms with Crippen LogP contribution in [0.4, 0.5) is 17.6 Å². The number of carbonyl (C=O) groups excluding carboxylic acids is 1. The van der Waals surface area contributed by atoms with E-state index in [1.54, 1.807) is 26.8 Å². The standard InChI is InChI=1S/C28H31ClF4N2O3/c1-27(2,3)38-26(36)21-11-20(15-4-5-15)16(8-24(21)30)14-35-17-6-7-18(35)10-19(9-17)37-25-12-22(28(31,32)33)23(29)13-34-25/h8,11-13,15,17-19H,4-7,9-10,14H2,1-3H3. The summed E-state index contributed by atoms with van der Waals surface area (Å²) in [5.74, 6) is -1.02. The highest BCUT2D eigenvalue weighted by atomic mass is 35.5. The number of hydrogen-bond donors (Lipinski definition) is 0. The fourth-order valence-electron chi connectivity index (χ4n) is 5.68. The maximum Gasteiger partial charge on any atom is 0.418 e. The monoisotopic (exact) mass is 554 g/mol. The Hall–Kier alpha value is -2.39. The van der Waals surface area contributed by atoms with E-state index in [9.17, 15) is 18.0 Å². The molecule has 2 atom stereocenters. The first kappa shape index (κ1) is 27.2. The van der Waals surface area contributed by atoms with Gasteiger partial charge in [-0.2, -0.15) is 13.2 Å². The molecule has 5 rings (SSSR count). The molecule has 0 N–H and O–H groups in total. The van der Waals surface area contributed by atoms with Crippen LogP contribution in [0.2, 0.25) is 5.02 Å². The maximum absolute atomic E-state index is 15.1. The van der Waals surface area contributed by atoms with Crippen molar-refractivity contribution in [3.63, 3.8) is 0 Å². The highest BCUT2D eigenvalue weighted by molar-refractivity contribution is 6.31. The minimum Gasteiger partial charge on any atom is -0.474 e. The van der Waals surface area contributed by atoms with Gasteiger partial charge >= 0.3 is 12.1 Å². The van der Waals surface area contributed by atoms with Gasteiger partial charge in [-0.05, 0) is 88.5 Å². The summed E-state index contributed by atoms with van der Waals surface area (Å²) in [6, 6.07) is 4.32. The highest BCUT2D eigenvalue weighted by Gasteiger charge is 2.43. The molecule has 1 aliphatic carbocycles. The summed E-state index contributed by atoms with van der Waals surface area (Å²) >= 11 is 5.68. The second kappa shape index (κ2) is 9.97. The van der Waals surface area contributed by atoms with Gasteiger partial charge in [0, 0.05) is 24.7 Å². The van der Waals surface area contributed by atoms with E-state index in [4.69, 9.17) is 21.1 Å². The Morgan fingerprint density at radius 3 is 2.32 bits per heavy atom. The third kappa shape index (κ3) is 5.93. The van der Waals surface area contributed by atoms with Crippen LogP contribution in [0.3, 0.4) is 0 Å². The Kier molecular flexibility index (Phi) is 7.14. The second-order valence-electron chi connectivity index (χ2n) is 11.6. The van der Waals surface area contributed by atoms with Gasteiger partial charge in [-0.3, -0.25) is 4.90 Å². The number of nitrogens with zero attached hydrogens (tertiary/aromatic N) is 2. The van der Waals surface area contributed by atoms with Crippen LogP contribution in [-0.2, 0) is 17.5 Å². The molecular formula is C28H31ClF4N2O3. The van der Waals surface area contributed by atoms with Crippen molar-refractivity contribution in [1.29, 1.82) is 0 Å². The fraction of sp³-hybridized carbons (Fsp3) is 0.571. The van der Waals surface area contributed by atoms with Crippen LogP contribution in [0.5, 0.6) is 5.88 Å². The maximum atomic E-state index is 15.1. The van der Waals surface area contributed by atoms with Crippen molar-refractivity contribution in [3.8, 4) is 5.88 Å². The Bertz CT molecular complexity index is 1210. The molecule has 3 fully saturated rings. The molecule has 1 saturated carbocycles. The van der Waals surface area contributed by atoms with Crippen LogP contribution in [0.1, 0.15) is 92.3 Å². The average Bonchev–Trinajstić information content (AvgIpc) is 3.60. The van der Waals surface area contributed by atoms with Crippen LogP contribution in [0, 0.1) is 5.82 Å². The van der Waals surface area contributed by atoms with Crippen LogP contribution in [-0.4, -0.2) is 39.6 Å². The van der Waals surface area contributed by atoms with E-state index >= 15 is 4.39 Å². The van der Waals surface area contributed by atoms with Gasteiger partial charge in [0.05, 0.1) is 22.3 Å². The van der Waals surface area contributed by atoms with Crippen molar-refractivity contribution >= 4 is 17.6 Å². The van der Waals surface area contributed by atoms with Crippen molar-refractivity contribution in [2.24, 2.45) is 0 Å². The number of rotatable bonds is 6. The summed E-state index contributed by atoms with van der Waals surface area (Å²) in [5, 5.41) is -0.462. The molecule has 0 amide bonds. The predicted molar refractivity (Wildman–Crippen MR) is 134 cm³/mol. The van der Waals surface area contributed by atoms with Gasteiger partial charge in [0.15, 0.2) is 0 Å². The molecule has 2 aromatic rings. The van der Waals surface area contributed by atoms with Gasteiger partial charge in [-0.25, -0.2) is 14.2 Å². The Labute approximate surface area is 224 Å². The van der Waals surface area contributed by atoms with Gasteiger partial charge < -0.3 is 9.47 Å². The zero-order valence-corrected chi connectivity index (χ0v) is 22.3. The number of ether oxygens (including phenoxy) is 2. The number of carbonyl (C=O) groups is 1. The lowest BCUT2D eigenvalue weighted by Crippen LogP contribution is -2.46. The molecule has 2 bridgehead atoms. The van der Waals surface area contributed by atoms with E-state index in [2.05, 4.69) is 9.88 Å². The zero-order valence-electron chi connectivity index (χ0n) is 21.6. The molecule has 206 valence electrons. The van der Waals surface area contributed by atoms with E-state index in [0.29, 0.717) is 25.3 Å². The van der Waals surface area contributed by atoms with E-state index in [0.717, 1.165) is 49.1 Å². The summed E-state index contributed by atoms with van der Waals surface area (Å²) in [5.41, 5.74) is 0.157. The van der Waals surface area contributed by atoms with E-state index in [-0.39, 0.29) is 29.6 Å². The Morgan fingerprint density at radius 1 is 1.08 bits per heavy atom. The molecule has 0 spiro atoms. The first-order valence-electron chi connectivity index (χ1n) is 13.0. The largest absolute Gasteiger partial charge is 0.474 e. The number of benzene rings is 1. The number of piperidine rings is 1. The summed E-state index contributed by atoms with van der Waals surface area (Å²) in [6.07, 6.45) is 1.26. The van der Waals surface area contributed by atoms with E-state index in [1.807, 2.05) is 0 Å². The predicted octanol–water partition coefficient (Wildman–Crippen LogP) is 7.30. The van der Waals surface area contributed by atoms with Crippen molar-refractivity contribution in [2.75, 3.05) is 0 Å². The topological polar surface area (TPSA) is 51.7 Å². The van der Waals surface area contributed by atoms with Gasteiger partial charge in [0.2, 0.25) is 5.88 Å². The van der Waals surface area contributed by atoms with E-state index < -0.39 is 34.1 Å². The molecule has 5 nitrogen and oxygen atoms in total. The molecule has 2 unspecified atom stereocenters. The number of pyridine rings is 1. The lowest BCUT2D eigenvalue weighted by Gasteiger charge is -2.39.